The average Bonchev–Trinajstić information content (AvgIpc) is 3.27. The third-order valence-electron chi connectivity index (χ3n) is 6.35. The molecule has 0 saturated heterocycles. The van der Waals surface area contributed by atoms with Crippen LogP contribution in [-0.4, -0.2) is 35.7 Å². The van der Waals surface area contributed by atoms with E-state index in [0.717, 1.165) is 71.8 Å². The summed E-state index contributed by atoms with van der Waals surface area (Å²) in [6.07, 6.45) is 4.73. The number of fused-ring (bicyclic) bond motifs is 1. The van der Waals surface area contributed by atoms with E-state index in [1.165, 1.54) is 0 Å². The van der Waals surface area contributed by atoms with Crippen molar-refractivity contribution in [2.45, 2.75) is 45.6 Å². The summed E-state index contributed by atoms with van der Waals surface area (Å²) in [6, 6.07) is 21.2. The van der Waals surface area contributed by atoms with Crippen LogP contribution >= 0.6 is 11.6 Å². The lowest BCUT2D eigenvalue weighted by atomic mass is 10.1. The first-order valence-electron chi connectivity index (χ1n) is 12.8. The standard InChI is InChI=1S/C30H34ClN3O3/c1-22-20-25(15-16-26(22)31)37-19-9-18-34-28-13-6-5-12-27(28)33-29(34)14-4-3-7-17-32-30(35)23-10-8-11-24(21-23)36-2/h5-6,8,10-13,15-16,20-21H,3-4,7,9,14,17-19H2,1-2H3,(H,32,35). The molecule has 0 fully saturated rings. The molecule has 0 bridgehead atoms. The Labute approximate surface area is 223 Å². The summed E-state index contributed by atoms with van der Waals surface area (Å²) in [5, 5.41) is 3.75. The highest BCUT2D eigenvalue weighted by Crippen LogP contribution is 2.22. The fourth-order valence-electron chi connectivity index (χ4n) is 4.34. The number of benzene rings is 3. The molecular weight excluding hydrogens is 486 g/mol. The van der Waals surface area contributed by atoms with Crippen molar-refractivity contribution in [3.8, 4) is 11.5 Å². The van der Waals surface area contributed by atoms with Crippen molar-refractivity contribution in [1.29, 1.82) is 0 Å². The molecule has 3 aromatic carbocycles. The maximum absolute atomic E-state index is 12.4. The number of hydrogen-bond acceptors (Lipinski definition) is 4. The summed E-state index contributed by atoms with van der Waals surface area (Å²) in [7, 11) is 1.60. The number of hydrogen-bond donors (Lipinski definition) is 1. The van der Waals surface area contributed by atoms with E-state index < -0.39 is 0 Å². The molecule has 0 saturated carbocycles. The number of carbonyl (C=O) groups excluding carboxylic acids is 1. The van der Waals surface area contributed by atoms with Crippen molar-refractivity contribution >= 4 is 28.5 Å². The summed E-state index contributed by atoms with van der Waals surface area (Å²) in [6.45, 7) is 4.10. The molecule has 1 amide bonds. The van der Waals surface area contributed by atoms with Gasteiger partial charge in [0, 0.05) is 30.1 Å². The van der Waals surface area contributed by atoms with E-state index in [0.29, 0.717) is 24.5 Å². The highest BCUT2D eigenvalue weighted by molar-refractivity contribution is 6.31. The Kier molecular flexibility index (Phi) is 9.44. The smallest absolute Gasteiger partial charge is 0.251 e. The van der Waals surface area contributed by atoms with Gasteiger partial charge in [0.25, 0.3) is 5.91 Å². The van der Waals surface area contributed by atoms with Gasteiger partial charge in [0.2, 0.25) is 0 Å². The minimum atomic E-state index is -0.0725. The Bertz CT molecular complexity index is 1330. The van der Waals surface area contributed by atoms with Gasteiger partial charge in [-0.05, 0) is 80.3 Å². The number of nitrogens with one attached hydrogen (secondary N) is 1. The van der Waals surface area contributed by atoms with E-state index in [9.17, 15) is 4.79 Å². The van der Waals surface area contributed by atoms with Crippen molar-refractivity contribution in [2.24, 2.45) is 0 Å². The average molecular weight is 520 g/mol. The van der Waals surface area contributed by atoms with E-state index in [1.54, 1.807) is 19.2 Å². The first-order valence-corrected chi connectivity index (χ1v) is 13.2. The number of carbonyl (C=O) groups is 1. The molecule has 1 aromatic heterocycles. The van der Waals surface area contributed by atoms with Crippen LogP contribution in [0.3, 0.4) is 0 Å². The Morgan fingerprint density at radius 3 is 2.68 bits per heavy atom. The van der Waals surface area contributed by atoms with Crippen LogP contribution in [0.15, 0.2) is 66.7 Å². The molecule has 4 rings (SSSR count). The van der Waals surface area contributed by atoms with Gasteiger partial charge >= 0.3 is 0 Å². The highest BCUT2D eigenvalue weighted by Gasteiger charge is 2.11. The molecule has 1 heterocycles. The number of halogens is 1. The van der Waals surface area contributed by atoms with Crippen LogP contribution in [0.5, 0.6) is 11.5 Å². The van der Waals surface area contributed by atoms with Crippen molar-refractivity contribution in [3.63, 3.8) is 0 Å². The molecule has 0 unspecified atom stereocenters. The largest absolute Gasteiger partial charge is 0.497 e. The van der Waals surface area contributed by atoms with Crippen LogP contribution in [0.2, 0.25) is 5.02 Å². The Balaban J connectivity index is 1.24. The van der Waals surface area contributed by atoms with Gasteiger partial charge in [-0.3, -0.25) is 4.79 Å². The molecule has 0 radical (unpaired) electrons. The number of amides is 1. The summed E-state index contributed by atoms with van der Waals surface area (Å²) in [5.74, 6) is 2.55. The van der Waals surface area contributed by atoms with E-state index >= 15 is 0 Å². The quantitative estimate of drug-likeness (QED) is 0.202. The number of aryl methyl sites for hydroxylation is 3. The minimum absolute atomic E-state index is 0.0725. The second-order valence-electron chi connectivity index (χ2n) is 9.08. The number of methoxy groups -OCH3 is 1. The van der Waals surface area contributed by atoms with Crippen molar-refractivity contribution in [2.75, 3.05) is 20.3 Å². The number of ether oxygens (including phenoxy) is 2. The van der Waals surface area contributed by atoms with Crippen LogP contribution in [0.1, 0.15) is 47.4 Å². The van der Waals surface area contributed by atoms with E-state index in [4.69, 9.17) is 26.1 Å². The van der Waals surface area contributed by atoms with Gasteiger partial charge in [-0.15, -0.1) is 0 Å². The molecule has 6 nitrogen and oxygen atoms in total. The SMILES string of the molecule is COc1cccc(C(=O)NCCCCCc2nc3ccccc3n2CCCOc2ccc(Cl)c(C)c2)c1. The maximum Gasteiger partial charge on any atom is 0.251 e. The van der Waals surface area contributed by atoms with Gasteiger partial charge in [-0.1, -0.05) is 36.2 Å². The lowest BCUT2D eigenvalue weighted by Gasteiger charge is -2.11. The van der Waals surface area contributed by atoms with Crippen molar-refractivity contribution < 1.29 is 14.3 Å². The Hall–Kier alpha value is -3.51. The van der Waals surface area contributed by atoms with Crippen LogP contribution in [0.4, 0.5) is 0 Å². The van der Waals surface area contributed by atoms with Gasteiger partial charge in [0.1, 0.15) is 17.3 Å². The molecule has 0 aliphatic heterocycles. The lowest BCUT2D eigenvalue weighted by molar-refractivity contribution is 0.0952. The topological polar surface area (TPSA) is 65.4 Å². The molecule has 1 N–H and O–H groups in total. The Morgan fingerprint density at radius 1 is 0.973 bits per heavy atom. The normalized spacial score (nSPS) is 11.0. The van der Waals surface area contributed by atoms with E-state index in [1.807, 2.05) is 43.3 Å². The zero-order valence-corrected chi connectivity index (χ0v) is 22.3. The second kappa shape index (κ2) is 13.2. The van der Waals surface area contributed by atoms with E-state index in [-0.39, 0.29) is 5.91 Å². The molecule has 7 heteroatoms. The zero-order chi connectivity index (χ0) is 26.0. The monoisotopic (exact) mass is 519 g/mol. The van der Waals surface area contributed by atoms with Crippen LogP contribution in [-0.2, 0) is 13.0 Å². The molecule has 0 aliphatic carbocycles. The van der Waals surface area contributed by atoms with Crippen LogP contribution in [0, 0.1) is 6.92 Å². The minimum Gasteiger partial charge on any atom is -0.497 e. The maximum atomic E-state index is 12.4. The van der Waals surface area contributed by atoms with Crippen molar-refractivity contribution in [3.05, 3.63) is 88.7 Å². The van der Waals surface area contributed by atoms with Gasteiger partial charge in [-0.25, -0.2) is 4.98 Å². The first-order chi connectivity index (χ1) is 18.0. The Morgan fingerprint density at radius 2 is 1.84 bits per heavy atom. The number of rotatable bonds is 13. The number of imidazole rings is 1. The van der Waals surface area contributed by atoms with E-state index in [2.05, 4.69) is 28.1 Å². The van der Waals surface area contributed by atoms with Gasteiger partial charge in [0.15, 0.2) is 0 Å². The molecule has 37 heavy (non-hydrogen) atoms. The van der Waals surface area contributed by atoms with Crippen LogP contribution < -0.4 is 14.8 Å². The molecule has 0 atom stereocenters. The fourth-order valence-corrected chi connectivity index (χ4v) is 4.46. The van der Waals surface area contributed by atoms with Gasteiger partial charge in [0.05, 0.1) is 24.8 Å². The van der Waals surface area contributed by atoms with Gasteiger partial charge < -0.3 is 19.4 Å². The molecular formula is C30H34ClN3O3. The summed E-state index contributed by atoms with van der Waals surface area (Å²) >= 11 is 6.11. The zero-order valence-electron chi connectivity index (χ0n) is 21.5. The first kappa shape index (κ1) is 26.6. The highest BCUT2D eigenvalue weighted by atomic mass is 35.5. The molecule has 4 aromatic rings. The fraction of sp³-hybridized carbons (Fsp3) is 0.333. The number of unbranched alkanes of at least 4 members (excludes halogenated alkanes) is 2. The summed E-state index contributed by atoms with van der Waals surface area (Å²) in [5.41, 5.74) is 3.81. The number of aromatic nitrogens is 2. The summed E-state index contributed by atoms with van der Waals surface area (Å²) < 4.78 is 13.5. The third kappa shape index (κ3) is 7.26. The number of para-hydroxylation sites is 2. The number of nitrogens with zero attached hydrogens (tertiary/aromatic N) is 2. The molecule has 0 aliphatic rings. The predicted molar refractivity (Wildman–Crippen MR) is 149 cm³/mol. The third-order valence-corrected chi connectivity index (χ3v) is 6.78. The predicted octanol–water partition coefficient (Wildman–Crippen LogP) is 6.62. The van der Waals surface area contributed by atoms with Gasteiger partial charge in [-0.2, -0.15) is 0 Å². The second-order valence-corrected chi connectivity index (χ2v) is 9.49. The summed E-state index contributed by atoms with van der Waals surface area (Å²) in [4.78, 5) is 17.3. The van der Waals surface area contributed by atoms with Crippen LogP contribution in [0.25, 0.3) is 11.0 Å². The lowest BCUT2D eigenvalue weighted by Crippen LogP contribution is -2.24. The molecule has 194 valence electrons. The van der Waals surface area contributed by atoms with Crippen molar-refractivity contribution in [1.82, 2.24) is 14.9 Å². The molecule has 0 spiro atoms.